The van der Waals surface area contributed by atoms with Gasteiger partial charge in [-0.25, -0.2) is 0 Å². The zero-order valence-corrected chi connectivity index (χ0v) is 14.4. The summed E-state index contributed by atoms with van der Waals surface area (Å²) in [5.41, 5.74) is 1.69. The van der Waals surface area contributed by atoms with Crippen molar-refractivity contribution in [1.29, 1.82) is 0 Å². The minimum absolute atomic E-state index is 0.0930. The van der Waals surface area contributed by atoms with Gasteiger partial charge in [-0.2, -0.15) is 8.42 Å². The lowest BCUT2D eigenvalue weighted by Crippen LogP contribution is -2.24. The third-order valence-corrected chi connectivity index (χ3v) is 4.39. The van der Waals surface area contributed by atoms with E-state index in [9.17, 15) is 13.5 Å². The van der Waals surface area contributed by atoms with Gasteiger partial charge in [0.1, 0.15) is 5.75 Å². The second kappa shape index (κ2) is 7.65. The molecular weight excluding hydrogens is 330 g/mol. The summed E-state index contributed by atoms with van der Waals surface area (Å²) in [6, 6.07) is 12.1. The standard InChI is InChI=1S/C17H21NO5S/c1-12-3-6-15(7-4-12)23-17-8-5-13(9-16(17)19)14(10-18-2)11-24(20,21)22/h3-9,14,18-19H,10-11H2,1-2H3,(H,20,21,22). The summed E-state index contributed by atoms with van der Waals surface area (Å²) in [4.78, 5) is 0. The Morgan fingerprint density at radius 1 is 1.17 bits per heavy atom. The van der Waals surface area contributed by atoms with Gasteiger partial charge in [0.05, 0.1) is 5.75 Å². The molecule has 0 spiro atoms. The first-order valence-electron chi connectivity index (χ1n) is 7.45. The van der Waals surface area contributed by atoms with Crippen LogP contribution in [0.1, 0.15) is 17.0 Å². The summed E-state index contributed by atoms with van der Waals surface area (Å²) < 4.78 is 37.0. The maximum atomic E-state index is 11.2. The maximum Gasteiger partial charge on any atom is 0.265 e. The van der Waals surface area contributed by atoms with E-state index in [1.54, 1.807) is 31.3 Å². The van der Waals surface area contributed by atoms with Crippen molar-refractivity contribution in [2.75, 3.05) is 19.3 Å². The van der Waals surface area contributed by atoms with E-state index in [1.807, 2.05) is 19.1 Å². The molecule has 1 unspecified atom stereocenters. The predicted molar refractivity (Wildman–Crippen MR) is 92.4 cm³/mol. The molecule has 0 fully saturated rings. The number of hydrogen-bond donors (Lipinski definition) is 3. The number of likely N-dealkylation sites (N-methyl/N-ethyl adjacent to an activating group) is 1. The Labute approximate surface area is 141 Å². The molecule has 0 aromatic heterocycles. The minimum Gasteiger partial charge on any atom is -0.504 e. The Morgan fingerprint density at radius 3 is 2.38 bits per heavy atom. The Hall–Kier alpha value is -2.09. The average Bonchev–Trinajstić information content (AvgIpc) is 2.50. The van der Waals surface area contributed by atoms with Crippen molar-refractivity contribution in [3.05, 3.63) is 53.6 Å². The summed E-state index contributed by atoms with van der Waals surface area (Å²) in [6.07, 6.45) is 0. The number of nitrogens with one attached hydrogen (secondary N) is 1. The van der Waals surface area contributed by atoms with E-state index in [-0.39, 0.29) is 11.5 Å². The molecule has 1 atom stereocenters. The number of rotatable bonds is 7. The number of benzene rings is 2. The van der Waals surface area contributed by atoms with Crippen molar-refractivity contribution in [3.63, 3.8) is 0 Å². The molecule has 0 saturated carbocycles. The summed E-state index contributed by atoms with van der Waals surface area (Å²) in [5.74, 6) is -0.134. The van der Waals surface area contributed by atoms with Gasteiger partial charge in [-0.15, -0.1) is 0 Å². The lowest BCUT2D eigenvalue weighted by Gasteiger charge is -2.17. The van der Waals surface area contributed by atoms with Crippen LogP contribution in [-0.2, 0) is 10.1 Å². The molecule has 3 N–H and O–H groups in total. The van der Waals surface area contributed by atoms with E-state index >= 15 is 0 Å². The van der Waals surface area contributed by atoms with Crippen molar-refractivity contribution in [3.8, 4) is 17.2 Å². The summed E-state index contributed by atoms with van der Waals surface area (Å²) in [6.45, 7) is 2.31. The Bertz CT molecular complexity index is 787. The fourth-order valence-corrected chi connectivity index (χ4v) is 3.20. The monoisotopic (exact) mass is 351 g/mol. The molecular formula is C17H21NO5S. The normalized spacial score (nSPS) is 12.8. The van der Waals surface area contributed by atoms with Gasteiger partial charge in [0, 0.05) is 12.5 Å². The van der Waals surface area contributed by atoms with Gasteiger partial charge in [-0.05, 0) is 43.8 Å². The fourth-order valence-electron chi connectivity index (χ4n) is 2.38. The second-order valence-corrected chi connectivity index (χ2v) is 7.14. The minimum atomic E-state index is -4.12. The summed E-state index contributed by atoms with van der Waals surface area (Å²) in [5, 5.41) is 13.0. The Kier molecular flexibility index (Phi) is 5.82. The van der Waals surface area contributed by atoms with Crippen LogP contribution in [0, 0.1) is 6.92 Å². The number of phenolic OH excluding ortho intramolecular Hbond substituents is 1. The number of aromatic hydroxyl groups is 1. The van der Waals surface area contributed by atoms with Crippen LogP contribution in [0.2, 0.25) is 0 Å². The van der Waals surface area contributed by atoms with Crippen LogP contribution in [-0.4, -0.2) is 37.4 Å². The smallest absolute Gasteiger partial charge is 0.265 e. The highest BCUT2D eigenvalue weighted by molar-refractivity contribution is 7.85. The van der Waals surface area contributed by atoms with E-state index in [2.05, 4.69) is 5.32 Å². The lowest BCUT2D eigenvalue weighted by molar-refractivity contribution is 0.410. The predicted octanol–water partition coefficient (Wildman–Crippen LogP) is 2.68. The van der Waals surface area contributed by atoms with E-state index in [0.29, 0.717) is 17.9 Å². The number of phenols is 1. The molecule has 0 bridgehead atoms. The molecule has 0 heterocycles. The third-order valence-electron chi connectivity index (χ3n) is 3.57. The first-order valence-corrected chi connectivity index (χ1v) is 9.06. The summed E-state index contributed by atoms with van der Waals surface area (Å²) in [7, 11) is -2.44. The highest BCUT2D eigenvalue weighted by Crippen LogP contribution is 2.33. The first kappa shape index (κ1) is 18.3. The van der Waals surface area contributed by atoms with E-state index in [4.69, 9.17) is 9.29 Å². The van der Waals surface area contributed by atoms with Gasteiger partial charge >= 0.3 is 0 Å². The van der Waals surface area contributed by atoms with Crippen LogP contribution in [0.3, 0.4) is 0 Å². The highest BCUT2D eigenvalue weighted by atomic mass is 32.2. The molecule has 24 heavy (non-hydrogen) atoms. The maximum absolute atomic E-state index is 11.2. The quantitative estimate of drug-likeness (QED) is 0.664. The Balaban J connectivity index is 2.22. The van der Waals surface area contributed by atoms with Crippen LogP contribution >= 0.6 is 0 Å². The van der Waals surface area contributed by atoms with E-state index in [1.165, 1.54) is 6.07 Å². The molecule has 130 valence electrons. The van der Waals surface area contributed by atoms with Gasteiger partial charge in [-0.3, -0.25) is 4.55 Å². The van der Waals surface area contributed by atoms with Crippen molar-refractivity contribution in [2.24, 2.45) is 0 Å². The van der Waals surface area contributed by atoms with Gasteiger partial charge in [0.15, 0.2) is 11.5 Å². The van der Waals surface area contributed by atoms with Crippen LogP contribution in [0.25, 0.3) is 0 Å². The third kappa shape index (κ3) is 5.23. The highest BCUT2D eigenvalue weighted by Gasteiger charge is 2.20. The van der Waals surface area contributed by atoms with Crippen molar-refractivity contribution in [2.45, 2.75) is 12.8 Å². The molecule has 0 saturated heterocycles. The zero-order chi connectivity index (χ0) is 17.7. The molecule has 7 heteroatoms. The largest absolute Gasteiger partial charge is 0.504 e. The van der Waals surface area contributed by atoms with E-state index in [0.717, 1.165) is 5.56 Å². The molecule has 0 aliphatic carbocycles. The second-order valence-electron chi connectivity index (χ2n) is 5.65. The van der Waals surface area contributed by atoms with Gasteiger partial charge in [0.25, 0.3) is 10.1 Å². The molecule has 2 aromatic rings. The number of aryl methyl sites for hydroxylation is 1. The lowest BCUT2D eigenvalue weighted by atomic mass is 10.0. The van der Waals surface area contributed by atoms with Crippen molar-refractivity contribution >= 4 is 10.1 Å². The summed E-state index contributed by atoms with van der Waals surface area (Å²) >= 11 is 0. The molecule has 0 aliphatic heterocycles. The molecule has 2 rings (SSSR count). The van der Waals surface area contributed by atoms with Gasteiger partial charge < -0.3 is 15.2 Å². The SMILES string of the molecule is CNCC(CS(=O)(=O)O)c1ccc(Oc2ccc(C)cc2)c(O)c1. The number of hydrogen-bond acceptors (Lipinski definition) is 5. The van der Waals surface area contributed by atoms with Gasteiger partial charge in [0.2, 0.25) is 0 Å². The molecule has 0 amide bonds. The first-order chi connectivity index (χ1) is 11.3. The van der Waals surface area contributed by atoms with Crippen molar-refractivity contribution < 1.29 is 22.8 Å². The molecule has 2 aromatic carbocycles. The van der Waals surface area contributed by atoms with E-state index < -0.39 is 21.8 Å². The Morgan fingerprint density at radius 2 is 1.83 bits per heavy atom. The van der Waals surface area contributed by atoms with Crippen LogP contribution < -0.4 is 10.1 Å². The zero-order valence-electron chi connectivity index (χ0n) is 13.6. The average molecular weight is 351 g/mol. The van der Waals surface area contributed by atoms with Crippen LogP contribution in [0.5, 0.6) is 17.2 Å². The van der Waals surface area contributed by atoms with Gasteiger partial charge in [-0.1, -0.05) is 23.8 Å². The molecule has 6 nitrogen and oxygen atoms in total. The van der Waals surface area contributed by atoms with Crippen molar-refractivity contribution in [1.82, 2.24) is 5.32 Å². The van der Waals surface area contributed by atoms with Crippen LogP contribution in [0.4, 0.5) is 0 Å². The number of ether oxygens (including phenoxy) is 1. The molecule has 0 radical (unpaired) electrons. The molecule has 0 aliphatic rings. The fraction of sp³-hybridized carbons (Fsp3) is 0.294. The van der Waals surface area contributed by atoms with Crippen LogP contribution in [0.15, 0.2) is 42.5 Å². The topological polar surface area (TPSA) is 95.9 Å².